The van der Waals surface area contributed by atoms with Crippen LogP contribution in [0.2, 0.25) is 0 Å². The summed E-state index contributed by atoms with van der Waals surface area (Å²) in [6, 6.07) is 13.0. The number of hydrogen-bond donors (Lipinski definition) is 3. The molecular weight excluding hydrogens is 380 g/mol. The van der Waals surface area contributed by atoms with Gasteiger partial charge in [-0.05, 0) is 31.2 Å². The molecule has 0 amide bonds. The number of fused-ring (bicyclic) bond motifs is 1. The molecular formula is C21H22O8. The molecule has 0 spiro atoms. The van der Waals surface area contributed by atoms with Gasteiger partial charge in [-0.1, -0.05) is 29.8 Å². The molecule has 2 saturated heterocycles. The minimum absolute atomic E-state index is 0.0680. The Labute approximate surface area is 167 Å². The molecule has 0 radical (unpaired) electrons. The van der Waals surface area contributed by atoms with Crippen molar-refractivity contribution in [1.29, 1.82) is 0 Å². The highest BCUT2D eigenvalue weighted by Crippen LogP contribution is 2.35. The van der Waals surface area contributed by atoms with Crippen molar-refractivity contribution in [3.63, 3.8) is 0 Å². The predicted octanol–water partition coefficient (Wildman–Crippen LogP) is 1.42. The number of phenolic OH excluding ortho intramolecular Hbond substituents is 1. The molecule has 29 heavy (non-hydrogen) atoms. The standard InChI is InChI=1S/C21H22O8/c1-11-2-4-12(5-3-11)19(25)29-21-17(24)16(23)18-15(27-21)10-26-20(28-18)13-6-8-14(22)9-7-13/h2-9,15-18,20-24H,10H2,1H3/t15-,16-,17-,18-,20-,21+/m1/s1. The molecule has 2 fully saturated rings. The van der Waals surface area contributed by atoms with Gasteiger partial charge < -0.3 is 34.3 Å². The van der Waals surface area contributed by atoms with Gasteiger partial charge in [0.1, 0.15) is 30.2 Å². The van der Waals surface area contributed by atoms with E-state index in [2.05, 4.69) is 0 Å². The molecule has 0 unspecified atom stereocenters. The van der Waals surface area contributed by atoms with Gasteiger partial charge in [-0.2, -0.15) is 0 Å². The maximum absolute atomic E-state index is 12.3. The lowest BCUT2D eigenvalue weighted by atomic mass is 9.98. The van der Waals surface area contributed by atoms with Crippen LogP contribution in [0.15, 0.2) is 48.5 Å². The van der Waals surface area contributed by atoms with Gasteiger partial charge in [-0.3, -0.25) is 0 Å². The van der Waals surface area contributed by atoms with E-state index in [-0.39, 0.29) is 12.4 Å². The maximum Gasteiger partial charge on any atom is 0.340 e. The van der Waals surface area contributed by atoms with Crippen LogP contribution in [0.25, 0.3) is 0 Å². The molecule has 3 N–H and O–H groups in total. The van der Waals surface area contributed by atoms with Crippen molar-refractivity contribution in [2.24, 2.45) is 0 Å². The summed E-state index contributed by atoms with van der Waals surface area (Å²) in [7, 11) is 0. The van der Waals surface area contributed by atoms with E-state index in [1.165, 1.54) is 12.1 Å². The second-order valence-electron chi connectivity index (χ2n) is 7.15. The Morgan fingerprint density at radius 1 is 1.00 bits per heavy atom. The maximum atomic E-state index is 12.3. The van der Waals surface area contributed by atoms with E-state index in [1.54, 1.807) is 36.4 Å². The summed E-state index contributed by atoms with van der Waals surface area (Å²) in [5.74, 6) is -0.559. The van der Waals surface area contributed by atoms with Crippen molar-refractivity contribution in [3.05, 3.63) is 65.2 Å². The van der Waals surface area contributed by atoms with Gasteiger partial charge in [0.05, 0.1) is 12.2 Å². The molecule has 2 aromatic carbocycles. The fraction of sp³-hybridized carbons (Fsp3) is 0.381. The first-order valence-corrected chi connectivity index (χ1v) is 9.27. The normalized spacial score (nSPS) is 31.7. The summed E-state index contributed by atoms with van der Waals surface area (Å²) in [5, 5.41) is 30.3. The molecule has 0 saturated carbocycles. The first kappa shape index (κ1) is 19.8. The summed E-state index contributed by atoms with van der Waals surface area (Å²) in [6.07, 6.45) is -6.55. The number of hydrogen-bond acceptors (Lipinski definition) is 8. The third kappa shape index (κ3) is 4.12. The molecule has 4 rings (SSSR count). The quantitative estimate of drug-likeness (QED) is 0.661. The number of ether oxygens (including phenoxy) is 4. The van der Waals surface area contributed by atoms with E-state index in [1.807, 2.05) is 6.92 Å². The van der Waals surface area contributed by atoms with E-state index in [0.29, 0.717) is 11.1 Å². The fourth-order valence-electron chi connectivity index (χ4n) is 3.34. The molecule has 154 valence electrons. The Kier molecular flexibility index (Phi) is 5.53. The van der Waals surface area contributed by atoms with Crippen molar-refractivity contribution in [3.8, 4) is 5.75 Å². The van der Waals surface area contributed by atoms with Crippen LogP contribution in [-0.2, 0) is 18.9 Å². The van der Waals surface area contributed by atoms with Gasteiger partial charge in [-0.15, -0.1) is 0 Å². The fourth-order valence-corrected chi connectivity index (χ4v) is 3.34. The molecule has 0 aliphatic carbocycles. The zero-order chi connectivity index (χ0) is 20.5. The largest absolute Gasteiger partial charge is 0.508 e. The zero-order valence-corrected chi connectivity index (χ0v) is 15.7. The number of phenols is 1. The van der Waals surface area contributed by atoms with Gasteiger partial charge in [0, 0.05) is 5.56 Å². The van der Waals surface area contributed by atoms with Crippen molar-refractivity contribution >= 4 is 5.97 Å². The highest BCUT2D eigenvalue weighted by Gasteiger charge is 2.50. The topological polar surface area (TPSA) is 115 Å². The van der Waals surface area contributed by atoms with Crippen LogP contribution in [0.3, 0.4) is 0 Å². The number of aliphatic hydroxyl groups excluding tert-OH is 2. The number of carbonyl (C=O) groups is 1. The number of esters is 1. The Hall–Kier alpha value is -2.49. The van der Waals surface area contributed by atoms with Crippen molar-refractivity contribution in [1.82, 2.24) is 0 Å². The summed E-state index contributed by atoms with van der Waals surface area (Å²) in [5.41, 5.74) is 1.95. The third-order valence-electron chi connectivity index (χ3n) is 5.01. The first-order valence-electron chi connectivity index (χ1n) is 9.27. The van der Waals surface area contributed by atoms with Crippen LogP contribution >= 0.6 is 0 Å². The summed E-state index contributed by atoms with van der Waals surface area (Å²) in [6.45, 7) is 1.96. The van der Waals surface area contributed by atoms with Crippen molar-refractivity contribution < 1.29 is 39.1 Å². The molecule has 8 heteroatoms. The molecule has 8 nitrogen and oxygen atoms in total. The number of aryl methyl sites for hydroxylation is 1. The van der Waals surface area contributed by atoms with Crippen molar-refractivity contribution in [2.75, 3.05) is 6.61 Å². The Morgan fingerprint density at radius 2 is 1.69 bits per heavy atom. The van der Waals surface area contributed by atoms with Crippen LogP contribution in [-0.4, -0.2) is 58.6 Å². The molecule has 2 aromatic rings. The number of carbonyl (C=O) groups excluding carboxylic acids is 1. The van der Waals surface area contributed by atoms with E-state index >= 15 is 0 Å². The predicted molar refractivity (Wildman–Crippen MR) is 98.9 cm³/mol. The highest BCUT2D eigenvalue weighted by molar-refractivity contribution is 5.89. The molecule has 0 bridgehead atoms. The lowest BCUT2D eigenvalue weighted by Crippen LogP contribution is -2.62. The van der Waals surface area contributed by atoms with Crippen LogP contribution < -0.4 is 0 Å². The SMILES string of the molecule is Cc1ccc(C(=O)O[C@@H]2O[C@@H]3CO[C@@H](c4ccc(O)cc4)O[C@H]3[C@H](O)[C@H]2O)cc1. The minimum Gasteiger partial charge on any atom is -0.508 e. The summed E-state index contributed by atoms with van der Waals surface area (Å²) in [4.78, 5) is 12.3. The highest BCUT2D eigenvalue weighted by atomic mass is 16.8. The monoisotopic (exact) mass is 402 g/mol. The summed E-state index contributed by atoms with van der Waals surface area (Å²) < 4.78 is 22.3. The van der Waals surface area contributed by atoms with Gasteiger partial charge in [-0.25, -0.2) is 4.79 Å². The average molecular weight is 402 g/mol. The Bertz CT molecular complexity index is 848. The lowest BCUT2D eigenvalue weighted by molar-refractivity contribution is -0.353. The van der Waals surface area contributed by atoms with Gasteiger partial charge in [0.2, 0.25) is 6.29 Å². The molecule has 2 aliphatic heterocycles. The third-order valence-corrected chi connectivity index (χ3v) is 5.01. The molecule has 2 heterocycles. The first-order chi connectivity index (χ1) is 13.9. The van der Waals surface area contributed by atoms with Crippen molar-refractivity contribution in [2.45, 2.75) is 43.9 Å². The van der Waals surface area contributed by atoms with E-state index in [4.69, 9.17) is 18.9 Å². The second kappa shape index (κ2) is 8.10. The Morgan fingerprint density at radius 3 is 2.38 bits per heavy atom. The van der Waals surface area contributed by atoms with Crippen LogP contribution in [0.1, 0.15) is 27.8 Å². The molecule has 2 aliphatic rings. The Balaban J connectivity index is 1.42. The van der Waals surface area contributed by atoms with Crippen LogP contribution in [0.5, 0.6) is 5.75 Å². The van der Waals surface area contributed by atoms with Gasteiger partial charge in [0.25, 0.3) is 0 Å². The average Bonchev–Trinajstić information content (AvgIpc) is 2.72. The van der Waals surface area contributed by atoms with Gasteiger partial charge in [0.15, 0.2) is 6.29 Å². The second-order valence-corrected chi connectivity index (χ2v) is 7.15. The van der Waals surface area contributed by atoms with Crippen LogP contribution in [0.4, 0.5) is 0 Å². The van der Waals surface area contributed by atoms with E-state index < -0.39 is 43.0 Å². The molecule has 0 aromatic heterocycles. The van der Waals surface area contributed by atoms with Gasteiger partial charge >= 0.3 is 5.97 Å². The number of aromatic hydroxyl groups is 1. The van der Waals surface area contributed by atoms with Crippen LogP contribution in [0, 0.1) is 6.92 Å². The number of rotatable bonds is 3. The lowest BCUT2D eigenvalue weighted by Gasteiger charge is -2.45. The molecule has 6 atom stereocenters. The zero-order valence-electron chi connectivity index (χ0n) is 15.7. The van der Waals surface area contributed by atoms with E-state index in [9.17, 15) is 20.1 Å². The number of aliphatic hydroxyl groups is 2. The smallest absolute Gasteiger partial charge is 0.340 e. The minimum atomic E-state index is -1.48. The summed E-state index contributed by atoms with van der Waals surface area (Å²) >= 11 is 0. The van der Waals surface area contributed by atoms with E-state index in [0.717, 1.165) is 5.56 Å². The number of benzene rings is 2.